The third kappa shape index (κ3) is 3.72. The Kier molecular flexibility index (Phi) is 5.12. The molecule has 2 N–H and O–H groups in total. The zero-order valence-electron chi connectivity index (χ0n) is 10.8. The number of hydrogen-bond acceptors (Lipinski definition) is 3. The molecular weight excluding hydrogens is 236 g/mol. The van der Waals surface area contributed by atoms with Crippen molar-refractivity contribution in [1.82, 2.24) is 10.2 Å². The van der Waals surface area contributed by atoms with Crippen LogP contribution in [0.1, 0.15) is 33.1 Å². The van der Waals surface area contributed by atoms with Crippen molar-refractivity contribution in [2.75, 3.05) is 13.1 Å². The van der Waals surface area contributed by atoms with Crippen molar-refractivity contribution < 1.29 is 19.5 Å². The summed E-state index contributed by atoms with van der Waals surface area (Å²) in [6.45, 7) is 4.47. The lowest BCUT2D eigenvalue weighted by atomic mass is 10.0. The maximum Gasteiger partial charge on any atom is 0.305 e. The fourth-order valence-corrected chi connectivity index (χ4v) is 2.16. The van der Waals surface area contributed by atoms with Crippen LogP contribution < -0.4 is 5.32 Å². The van der Waals surface area contributed by atoms with Gasteiger partial charge in [-0.1, -0.05) is 13.8 Å². The van der Waals surface area contributed by atoms with Crippen molar-refractivity contribution >= 4 is 17.8 Å². The lowest BCUT2D eigenvalue weighted by Gasteiger charge is -2.29. The first-order valence-electron chi connectivity index (χ1n) is 6.22. The van der Waals surface area contributed by atoms with Crippen LogP contribution >= 0.6 is 0 Å². The Hall–Kier alpha value is -1.59. The maximum absolute atomic E-state index is 12.0. The third-order valence-corrected chi connectivity index (χ3v) is 2.98. The minimum absolute atomic E-state index is 0.00193. The van der Waals surface area contributed by atoms with E-state index < -0.39 is 12.0 Å². The Morgan fingerprint density at radius 2 is 2.11 bits per heavy atom. The van der Waals surface area contributed by atoms with E-state index in [-0.39, 0.29) is 30.7 Å². The summed E-state index contributed by atoms with van der Waals surface area (Å²) in [6.07, 6.45) is 1.17. The van der Waals surface area contributed by atoms with Crippen molar-refractivity contribution in [3.05, 3.63) is 0 Å². The number of carboxylic acid groups (broad SMARTS) is 1. The van der Waals surface area contributed by atoms with Crippen LogP contribution in [0.2, 0.25) is 0 Å². The molecule has 0 bridgehead atoms. The monoisotopic (exact) mass is 256 g/mol. The Morgan fingerprint density at radius 3 is 2.56 bits per heavy atom. The number of rotatable bonds is 6. The highest BCUT2D eigenvalue weighted by atomic mass is 16.4. The molecule has 1 aliphatic heterocycles. The van der Waals surface area contributed by atoms with E-state index in [9.17, 15) is 14.4 Å². The van der Waals surface area contributed by atoms with Gasteiger partial charge in [-0.05, 0) is 12.3 Å². The van der Waals surface area contributed by atoms with Crippen LogP contribution in [-0.4, -0.2) is 46.9 Å². The molecule has 6 nitrogen and oxygen atoms in total. The summed E-state index contributed by atoms with van der Waals surface area (Å²) >= 11 is 0. The van der Waals surface area contributed by atoms with Crippen LogP contribution in [0.4, 0.5) is 0 Å². The van der Waals surface area contributed by atoms with Gasteiger partial charge in [-0.2, -0.15) is 0 Å². The molecule has 0 radical (unpaired) electrons. The fourth-order valence-electron chi connectivity index (χ4n) is 2.16. The maximum atomic E-state index is 12.0. The highest BCUT2D eigenvalue weighted by Gasteiger charge is 2.34. The highest BCUT2D eigenvalue weighted by Crippen LogP contribution is 2.19. The zero-order chi connectivity index (χ0) is 13.7. The molecule has 0 aromatic rings. The summed E-state index contributed by atoms with van der Waals surface area (Å²) in [4.78, 5) is 35.6. The van der Waals surface area contributed by atoms with Gasteiger partial charge in [-0.3, -0.25) is 14.4 Å². The van der Waals surface area contributed by atoms with Crippen molar-refractivity contribution in [1.29, 1.82) is 0 Å². The standard InChI is InChI=1S/C12H20N2O4/c1-8(2)11(14-7-3-4-9(14)15)12(18)13-6-5-10(16)17/h8,11H,3-7H2,1-2H3,(H,13,18)(H,16,17). The van der Waals surface area contributed by atoms with Gasteiger partial charge in [0, 0.05) is 19.5 Å². The van der Waals surface area contributed by atoms with E-state index in [1.807, 2.05) is 13.8 Å². The van der Waals surface area contributed by atoms with Crippen molar-refractivity contribution in [2.45, 2.75) is 39.2 Å². The Labute approximate surface area is 106 Å². The lowest BCUT2D eigenvalue weighted by Crippen LogP contribution is -2.50. The molecule has 0 saturated carbocycles. The van der Waals surface area contributed by atoms with E-state index in [1.54, 1.807) is 4.90 Å². The smallest absolute Gasteiger partial charge is 0.305 e. The highest BCUT2D eigenvalue weighted by molar-refractivity contribution is 5.89. The normalized spacial score (nSPS) is 17.1. The topological polar surface area (TPSA) is 86.7 Å². The largest absolute Gasteiger partial charge is 0.481 e. The van der Waals surface area contributed by atoms with Gasteiger partial charge in [-0.15, -0.1) is 0 Å². The quantitative estimate of drug-likeness (QED) is 0.712. The van der Waals surface area contributed by atoms with Crippen molar-refractivity contribution in [2.24, 2.45) is 5.92 Å². The third-order valence-electron chi connectivity index (χ3n) is 2.98. The summed E-state index contributed by atoms with van der Waals surface area (Å²) in [6, 6.07) is -0.492. The number of hydrogen-bond donors (Lipinski definition) is 2. The number of aliphatic carboxylic acids is 1. The number of carbonyl (C=O) groups is 3. The van der Waals surface area contributed by atoms with Crippen LogP contribution in [-0.2, 0) is 14.4 Å². The van der Waals surface area contributed by atoms with Crippen LogP contribution in [0.5, 0.6) is 0 Å². The predicted molar refractivity (Wildman–Crippen MR) is 64.8 cm³/mol. The molecule has 1 heterocycles. The van der Waals surface area contributed by atoms with Gasteiger partial charge in [-0.25, -0.2) is 0 Å². The number of carboxylic acids is 1. The molecule has 1 saturated heterocycles. The molecular formula is C12H20N2O4. The first-order valence-corrected chi connectivity index (χ1v) is 6.22. The van der Waals surface area contributed by atoms with Crippen LogP contribution in [0.3, 0.4) is 0 Å². The Balaban J connectivity index is 2.58. The zero-order valence-corrected chi connectivity index (χ0v) is 10.8. The molecule has 1 fully saturated rings. The van der Waals surface area contributed by atoms with E-state index in [1.165, 1.54) is 0 Å². The molecule has 2 amide bonds. The van der Waals surface area contributed by atoms with E-state index in [4.69, 9.17) is 5.11 Å². The molecule has 0 aromatic heterocycles. The average Bonchev–Trinajstić information content (AvgIpc) is 2.64. The number of nitrogens with zero attached hydrogens (tertiary/aromatic N) is 1. The Morgan fingerprint density at radius 1 is 1.44 bits per heavy atom. The predicted octanol–water partition coefficient (Wildman–Crippen LogP) is 0.224. The van der Waals surface area contributed by atoms with Gasteiger partial charge in [0.05, 0.1) is 6.42 Å². The van der Waals surface area contributed by atoms with E-state index in [2.05, 4.69) is 5.32 Å². The van der Waals surface area contributed by atoms with E-state index >= 15 is 0 Å². The molecule has 6 heteroatoms. The first kappa shape index (κ1) is 14.5. The van der Waals surface area contributed by atoms with Gasteiger partial charge < -0.3 is 15.3 Å². The fraction of sp³-hybridized carbons (Fsp3) is 0.750. The van der Waals surface area contributed by atoms with Crippen LogP contribution in [0.15, 0.2) is 0 Å². The Bertz CT molecular complexity index is 341. The van der Waals surface area contributed by atoms with Gasteiger partial charge in [0.25, 0.3) is 0 Å². The number of amides is 2. The van der Waals surface area contributed by atoms with E-state index in [0.717, 1.165) is 6.42 Å². The minimum Gasteiger partial charge on any atom is -0.481 e. The first-order chi connectivity index (χ1) is 8.43. The van der Waals surface area contributed by atoms with Gasteiger partial charge >= 0.3 is 5.97 Å². The lowest BCUT2D eigenvalue weighted by molar-refractivity contribution is -0.140. The second kappa shape index (κ2) is 6.37. The second-order valence-electron chi connectivity index (χ2n) is 4.81. The molecule has 102 valence electrons. The summed E-state index contributed by atoms with van der Waals surface area (Å²) in [7, 11) is 0. The van der Waals surface area contributed by atoms with Crippen LogP contribution in [0, 0.1) is 5.92 Å². The summed E-state index contributed by atoms with van der Waals surface area (Å²) < 4.78 is 0. The molecule has 18 heavy (non-hydrogen) atoms. The summed E-state index contributed by atoms with van der Waals surface area (Å²) in [5.41, 5.74) is 0. The second-order valence-corrected chi connectivity index (χ2v) is 4.81. The van der Waals surface area contributed by atoms with Gasteiger partial charge in [0.15, 0.2) is 0 Å². The molecule has 1 unspecified atom stereocenters. The molecule has 1 atom stereocenters. The SMILES string of the molecule is CC(C)C(C(=O)NCCC(=O)O)N1CCCC1=O. The number of carbonyl (C=O) groups excluding carboxylic acids is 2. The molecule has 1 rings (SSSR count). The van der Waals surface area contributed by atoms with Gasteiger partial charge in [0.2, 0.25) is 11.8 Å². The molecule has 0 aliphatic carbocycles. The van der Waals surface area contributed by atoms with Gasteiger partial charge in [0.1, 0.15) is 6.04 Å². The number of nitrogens with one attached hydrogen (secondary N) is 1. The van der Waals surface area contributed by atoms with Crippen molar-refractivity contribution in [3.63, 3.8) is 0 Å². The summed E-state index contributed by atoms with van der Waals surface area (Å²) in [5.74, 6) is -1.20. The average molecular weight is 256 g/mol. The minimum atomic E-state index is -0.950. The molecule has 0 aromatic carbocycles. The van der Waals surface area contributed by atoms with E-state index in [0.29, 0.717) is 13.0 Å². The molecule has 0 spiro atoms. The summed E-state index contributed by atoms with van der Waals surface area (Å²) in [5, 5.41) is 11.1. The van der Waals surface area contributed by atoms with Crippen LogP contribution in [0.25, 0.3) is 0 Å². The molecule has 1 aliphatic rings. The van der Waals surface area contributed by atoms with Crippen molar-refractivity contribution in [3.8, 4) is 0 Å². The number of likely N-dealkylation sites (tertiary alicyclic amines) is 1.